The van der Waals surface area contributed by atoms with Crippen LogP contribution in [-0.2, 0) is 11.0 Å². The van der Waals surface area contributed by atoms with E-state index in [4.69, 9.17) is 20.3 Å². The lowest BCUT2D eigenvalue weighted by Gasteiger charge is -2.39. The molecule has 38 heavy (non-hydrogen) atoms. The molecule has 4 rings (SSSR count). The molecule has 204 valence electrons. The number of ether oxygens (including phenoxy) is 2. The van der Waals surface area contributed by atoms with E-state index in [1.54, 1.807) is 20.3 Å². The van der Waals surface area contributed by atoms with Gasteiger partial charge in [0.1, 0.15) is 12.3 Å². The number of rotatable bonds is 6. The number of carbonyl (C=O) groups is 2. The Labute approximate surface area is 219 Å². The van der Waals surface area contributed by atoms with Gasteiger partial charge in [0.05, 0.1) is 31.5 Å². The van der Waals surface area contributed by atoms with Crippen molar-refractivity contribution in [2.75, 3.05) is 33.0 Å². The van der Waals surface area contributed by atoms with Gasteiger partial charge in [0.2, 0.25) is 0 Å². The van der Waals surface area contributed by atoms with Crippen LogP contribution in [0.25, 0.3) is 0 Å². The van der Waals surface area contributed by atoms with Crippen molar-refractivity contribution >= 4 is 23.6 Å². The highest BCUT2D eigenvalue weighted by atomic mass is 19.4. The summed E-state index contributed by atoms with van der Waals surface area (Å²) in [6, 6.07) is 8.06. The molecule has 0 bridgehead atoms. The highest BCUT2D eigenvalue weighted by molar-refractivity contribution is 6.07. The first-order valence-corrected chi connectivity index (χ1v) is 12.2. The molecular formula is C27H31F3N4O4. The number of amides is 1. The number of hydrazone groups is 1. The topological polar surface area (TPSA) is 97.5 Å². The van der Waals surface area contributed by atoms with Gasteiger partial charge in [-0.1, -0.05) is 13.8 Å². The van der Waals surface area contributed by atoms with Crippen molar-refractivity contribution in [1.29, 1.82) is 0 Å². The lowest BCUT2D eigenvalue weighted by Crippen LogP contribution is -2.50. The highest BCUT2D eigenvalue weighted by Crippen LogP contribution is 2.40. The summed E-state index contributed by atoms with van der Waals surface area (Å²) in [5.41, 5.74) is 4.89. The summed E-state index contributed by atoms with van der Waals surface area (Å²) in [6.07, 6.45) is -2.74. The van der Waals surface area contributed by atoms with Gasteiger partial charge in [-0.25, -0.2) is 0 Å². The summed E-state index contributed by atoms with van der Waals surface area (Å²) in [5.74, 6) is 0.641. The minimum atomic E-state index is -4.65. The summed E-state index contributed by atoms with van der Waals surface area (Å²) in [7, 11) is 3.10. The Morgan fingerprint density at radius 3 is 2.32 bits per heavy atom. The number of carbonyl (C=O) groups excluding carboxylic acids is 2. The van der Waals surface area contributed by atoms with Crippen molar-refractivity contribution in [2.24, 2.45) is 10.5 Å². The molecule has 2 heterocycles. The first-order chi connectivity index (χ1) is 17.9. The van der Waals surface area contributed by atoms with Gasteiger partial charge in [-0.15, -0.1) is 0 Å². The summed E-state index contributed by atoms with van der Waals surface area (Å²) in [4.78, 5) is 26.8. The average molecular weight is 533 g/mol. The number of halogens is 3. The van der Waals surface area contributed by atoms with Gasteiger partial charge >= 0.3 is 6.18 Å². The van der Waals surface area contributed by atoms with E-state index in [0.717, 1.165) is 29.7 Å². The lowest BCUT2D eigenvalue weighted by atomic mass is 9.78. The van der Waals surface area contributed by atoms with Gasteiger partial charge in [0.25, 0.3) is 5.91 Å². The Hall–Kier alpha value is -3.76. The van der Waals surface area contributed by atoms with Gasteiger partial charge in [-0.05, 0) is 49.2 Å². The molecule has 0 spiro atoms. The van der Waals surface area contributed by atoms with Crippen LogP contribution in [0.5, 0.6) is 11.5 Å². The molecule has 2 N–H and O–H groups in total. The summed E-state index contributed by atoms with van der Waals surface area (Å²) >= 11 is 0. The number of hydrogen-bond acceptors (Lipinski definition) is 7. The number of hydrogen-bond donors (Lipinski definition) is 1. The third-order valence-corrected chi connectivity index (χ3v) is 7.37. The molecule has 1 atom stereocenters. The van der Waals surface area contributed by atoms with Gasteiger partial charge < -0.3 is 24.9 Å². The molecule has 8 nitrogen and oxygen atoms in total. The van der Waals surface area contributed by atoms with Crippen molar-refractivity contribution in [3.05, 3.63) is 53.1 Å². The van der Waals surface area contributed by atoms with E-state index in [1.807, 2.05) is 31.0 Å². The smallest absolute Gasteiger partial charge is 0.418 e. The van der Waals surface area contributed by atoms with E-state index in [2.05, 4.69) is 0 Å². The Morgan fingerprint density at radius 1 is 1.08 bits per heavy atom. The Morgan fingerprint density at radius 2 is 1.74 bits per heavy atom. The van der Waals surface area contributed by atoms with E-state index in [9.17, 15) is 22.8 Å². The van der Waals surface area contributed by atoms with Gasteiger partial charge in [-0.3, -0.25) is 9.80 Å². The molecule has 0 radical (unpaired) electrons. The fourth-order valence-electron chi connectivity index (χ4n) is 5.18. The molecule has 2 aromatic rings. The molecule has 11 heteroatoms. The monoisotopic (exact) mass is 532 g/mol. The van der Waals surface area contributed by atoms with Crippen LogP contribution in [0.2, 0.25) is 0 Å². The highest BCUT2D eigenvalue weighted by Gasteiger charge is 2.47. The summed E-state index contributed by atoms with van der Waals surface area (Å²) in [6.45, 7) is 4.55. The molecule has 1 fully saturated rings. The Bertz CT molecular complexity index is 1250. The van der Waals surface area contributed by atoms with Crippen molar-refractivity contribution in [3.8, 4) is 11.5 Å². The first kappa shape index (κ1) is 27.3. The van der Waals surface area contributed by atoms with Crippen molar-refractivity contribution in [2.45, 2.75) is 44.9 Å². The van der Waals surface area contributed by atoms with Gasteiger partial charge in [-0.2, -0.15) is 18.3 Å². The number of nitrogen functional groups attached to an aromatic ring is 1. The minimum Gasteiger partial charge on any atom is -0.493 e. The van der Waals surface area contributed by atoms with Crippen molar-refractivity contribution in [1.82, 2.24) is 9.91 Å². The average Bonchev–Trinajstić information content (AvgIpc) is 3.17. The number of nitrogens with zero attached hydrogens (tertiary/aromatic N) is 3. The maximum absolute atomic E-state index is 13.3. The Kier molecular flexibility index (Phi) is 7.31. The van der Waals surface area contributed by atoms with Crippen LogP contribution in [0.4, 0.5) is 18.9 Å². The fraction of sp³-hybridized carbons (Fsp3) is 0.444. The molecule has 2 aliphatic heterocycles. The zero-order valence-electron chi connectivity index (χ0n) is 21.7. The molecule has 2 aliphatic rings. The number of piperidine rings is 1. The summed E-state index contributed by atoms with van der Waals surface area (Å²) < 4.78 is 50.5. The van der Waals surface area contributed by atoms with Gasteiger partial charge in [0.15, 0.2) is 11.5 Å². The SMILES string of the molecule is COc1ccc(C2=NN(C3CCN(C(=O)c4ccc(N)c(C(F)(F)F)c4)CC3)C(C=O)C2(C)C)cc1OC. The number of benzene rings is 2. The normalized spacial score (nSPS) is 19.8. The van der Waals surface area contributed by atoms with Crippen LogP contribution < -0.4 is 15.2 Å². The maximum Gasteiger partial charge on any atom is 0.418 e. The zero-order valence-corrected chi connectivity index (χ0v) is 21.7. The second kappa shape index (κ2) is 10.2. The van der Waals surface area contributed by atoms with Crippen LogP contribution in [-0.4, -0.2) is 67.2 Å². The van der Waals surface area contributed by atoms with E-state index >= 15 is 0 Å². The van der Waals surface area contributed by atoms with Crippen molar-refractivity contribution < 1.29 is 32.2 Å². The van der Waals surface area contributed by atoms with Crippen LogP contribution in [0.15, 0.2) is 41.5 Å². The molecule has 1 amide bonds. The van der Waals surface area contributed by atoms with E-state index in [1.165, 1.54) is 11.0 Å². The number of anilines is 1. The predicted molar refractivity (Wildman–Crippen MR) is 136 cm³/mol. The largest absolute Gasteiger partial charge is 0.493 e. The number of likely N-dealkylation sites (tertiary alicyclic amines) is 1. The van der Waals surface area contributed by atoms with E-state index < -0.39 is 34.8 Å². The summed E-state index contributed by atoms with van der Waals surface area (Å²) in [5, 5.41) is 6.69. The van der Waals surface area contributed by atoms with Crippen LogP contribution in [0, 0.1) is 5.41 Å². The minimum absolute atomic E-state index is 0.0631. The third kappa shape index (κ3) is 4.89. The molecule has 0 saturated carbocycles. The molecule has 1 saturated heterocycles. The Balaban J connectivity index is 1.53. The molecule has 2 aromatic carbocycles. The molecule has 1 unspecified atom stereocenters. The quantitative estimate of drug-likeness (QED) is 0.442. The number of aldehydes is 1. The predicted octanol–water partition coefficient (Wildman–Crippen LogP) is 4.22. The number of methoxy groups -OCH3 is 2. The first-order valence-electron chi connectivity index (χ1n) is 12.2. The molecule has 0 aliphatic carbocycles. The van der Waals surface area contributed by atoms with Gasteiger partial charge in [0, 0.05) is 35.3 Å². The fourth-order valence-corrected chi connectivity index (χ4v) is 5.18. The van der Waals surface area contributed by atoms with Crippen LogP contribution in [0.1, 0.15) is 48.2 Å². The second-order valence-corrected chi connectivity index (χ2v) is 10.0. The third-order valence-electron chi connectivity index (χ3n) is 7.37. The van der Waals surface area contributed by atoms with Crippen LogP contribution in [0.3, 0.4) is 0 Å². The lowest BCUT2D eigenvalue weighted by molar-refractivity contribution is -0.136. The zero-order chi connectivity index (χ0) is 27.8. The molecular weight excluding hydrogens is 501 g/mol. The number of nitrogens with two attached hydrogens (primary N) is 1. The maximum atomic E-state index is 13.3. The number of alkyl halides is 3. The molecule has 0 aromatic heterocycles. The van der Waals surface area contributed by atoms with Crippen LogP contribution >= 0.6 is 0 Å². The van der Waals surface area contributed by atoms with E-state index in [-0.39, 0.29) is 11.6 Å². The van der Waals surface area contributed by atoms with Crippen molar-refractivity contribution in [3.63, 3.8) is 0 Å². The second-order valence-electron chi connectivity index (χ2n) is 10.0. The standard InChI is InChI=1S/C27H31F3N4O4/c1-26(2)23(15-35)34(32-24(26)16-6-8-21(37-3)22(14-16)38-4)18-9-11-33(12-10-18)25(36)17-5-7-20(31)19(13-17)27(28,29)30/h5-8,13-15,18,23H,9-12,31H2,1-4H3. The van der Waals surface area contributed by atoms with E-state index in [0.29, 0.717) is 37.4 Å².